The van der Waals surface area contributed by atoms with Gasteiger partial charge in [-0.15, -0.1) is 11.3 Å². The van der Waals surface area contributed by atoms with E-state index in [9.17, 15) is 9.59 Å². The molecule has 0 saturated carbocycles. The number of hydrogen-bond acceptors (Lipinski definition) is 4. The second kappa shape index (κ2) is 7.09. The Kier molecular flexibility index (Phi) is 4.50. The summed E-state index contributed by atoms with van der Waals surface area (Å²) >= 11 is 1.58. The Labute approximate surface area is 155 Å². The molecule has 26 heavy (non-hydrogen) atoms. The van der Waals surface area contributed by atoms with Crippen molar-refractivity contribution in [1.29, 1.82) is 0 Å². The number of carbonyl (C=O) groups is 2. The van der Waals surface area contributed by atoms with Crippen LogP contribution in [-0.2, 0) is 16.1 Å². The number of aromatic nitrogens is 1. The van der Waals surface area contributed by atoms with Gasteiger partial charge in [0.25, 0.3) is 5.91 Å². The number of hydrogen-bond donors (Lipinski definition) is 0. The first-order valence-electron chi connectivity index (χ1n) is 8.32. The number of amides is 2. The van der Waals surface area contributed by atoms with E-state index in [0.717, 1.165) is 16.1 Å². The van der Waals surface area contributed by atoms with Crippen molar-refractivity contribution in [3.63, 3.8) is 0 Å². The number of rotatable bonds is 4. The first kappa shape index (κ1) is 16.5. The summed E-state index contributed by atoms with van der Waals surface area (Å²) in [6, 6.07) is 16.2. The summed E-state index contributed by atoms with van der Waals surface area (Å²) in [5.74, 6) is -0.184. The minimum atomic E-state index is -0.674. The maximum atomic E-state index is 13.3. The molecule has 1 atom stereocenters. The van der Waals surface area contributed by atoms with Crippen LogP contribution in [0.25, 0.3) is 0 Å². The zero-order valence-electron chi connectivity index (χ0n) is 14.0. The lowest BCUT2D eigenvalue weighted by Gasteiger charge is -2.40. The van der Waals surface area contributed by atoms with Crippen molar-refractivity contribution in [2.75, 3.05) is 11.4 Å². The summed E-state index contributed by atoms with van der Waals surface area (Å²) in [5, 5.41) is 1.97. The molecule has 1 saturated heterocycles. The van der Waals surface area contributed by atoms with Gasteiger partial charge in [-0.05, 0) is 29.6 Å². The number of anilines is 1. The molecule has 3 heterocycles. The molecule has 0 spiro atoms. The van der Waals surface area contributed by atoms with Gasteiger partial charge in [-0.1, -0.05) is 30.3 Å². The molecule has 0 aliphatic carbocycles. The third-order valence-corrected chi connectivity index (χ3v) is 5.26. The molecule has 0 N–H and O–H groups in total. The van der Waals surface area contributed by atoms with Crippen LogP contribution < -0.4 is 4.90 Å². The van der Waals surface area contributed by atoms with Gasteiger partial charge in [-0.25, -0.2) is 0 Å². The van der Waals surface area contributed by atoms with Gasteiger partial charge in [0.15, 0.2) is 0 Å². The molecule has 3 aromatic rings. The van der Waals surface area contributed by atoms with E-state index in [-0.39, 0.29) is 18.4 Å². The molecule has 1 unspecified atom stereocenters. The van der Waals surface area contributed by atoms with Crippen molar-refractivity contribution in [3.8, 4) is 0 Å². The molecule has 2 aromatic heterocycles. The zero-order valence-corrected chi connectivity index (χ0v) is 14.8. The van der Waals surface area contributed by atoms with Gasteiger partial charge in [-0.3, -0.25) is 14.6 Å². The minimum Gasteiger partial charge on any atom is -0.320 e. The maximum Gasteiger partial charge on any atom is 0.254 e. The summed E-state index contributed by atoms with van der Waals surface area (Å²) in [5.41, 5.74) is 1.46. The Morgan fingerprint density at radius 2 is 1.88 bits per heavy atom. The number of piperazine rings is 1. The van der Waals surface area contributed by atoms with Gasteiger partial charge in [0.2, 0.25) is 5.91 Å². The molecular formula is C20H17N3O2S. The van der Waals surface area contributed by atoms with Crippen molar-refractivity contribution >= 4 is 28.8 Å². The van der Waals surface area contributed by atoms with Crippen LogP contribution in [0.2, 0.25) is 0 Å². The number of benzene rings is 1. The average molecular weight is 363 g/mol. The SMILES string of the molecule is O=C1C(c2cccnc2)N(Cc2cccs2)C(=O)CN1c1ccccc1. The van der Waals surface area contributed by atoms with Gasteiger partial charge in [0.05, 0.1) is 6.54 Å². The molecule has 1 aliphatic heterocycles. The van der Waals surface area contributed by atoms with Crippen LogP contribution in [0.3, 0.4) is 0 Å². The van der Waals surface area contributed by atoms with Crippen molar-refractivity contribution < 1.29 is 9.59 Å². The summed E-state index contributed by atoms with van der Waals surface area (Å²) in [7, 11) is 0. The molecule has 0 bridgehead atoms. The molecule has 6 heteroatoms. The van der Waals surface area contributed by atoms with Crippen LogP contribution in [0, 0.1) is 0 Å². The molecule has 1 fully saturated rings. The first-order chi connectivity index (χ1) is 12.7. The Morgan fingerprint density at radius 3 is 2.58 bits per heavy atom. The fourth-order valence-corrected chi connectivity index (χ4v) is 3.87. The van der Waals surface area contributed by atoms with E-state index in [1.165, 1.54) is 0 Å². The fraction of sp³-hybridized carbons (Fsp3) is 0.150. The lowest BCUT2D eigenvalue weighted by Crippen LogP contribution is -2.55. The van der Waals surface area contributed by atoms with E-state index < -0.39 is 6.04 Å². The van der Waals surface area contributed by atoms with E-state index in [4.69, 9.17) is 0 Å². The average Bonchev–Trinajstić information content (AvgIpc) is 3.19. The Hall–Kier alpha value is -2.99. The van der Waals surface area contributed by atoms with E-state index in [0.29, 0.717) is 6.54 Å². The van der Waals surface area contributed by atoms with Crippen molar-refractivity contribution in [2.24, 2.45) is 0 Å². The van der Waals surface area contributed by atoms with Gasteiger partial charge in [-0.2, -0.15) is 0 Å². The largest absolute Gasteiger partial charge is 0.320 e. The van der Waals surface area contributed by atoms with Crippen molar-refractivity contribution in [1.82, 2.24) is 9.88 Å². The molecular weight excluding hydrogens is 346 g/mol. The highest BCUT2D eigenvalue weighted by atomic mass is 32.1. The lowest BCUT2D eigenvalue weighted by molar-refractivity contribution is -0.144. The second-order valence-electron chi connectivity index (χ2n) is 6.05. The van der Waals surface area contributed by atoms with Crippen molar-refractivity contribution in [2.45, 2.75) is 12.6 Å². The predicted octanol–water partition coefficient (Wildman–Crippen LogP) is 3.26. The van der Waals surface area contributed by atoms with E-state index in [1.807, 2.05) is 53.9 Å². The molecule has 5 nitrogen and oxygen atoms in total. The van der Waals surface area contributed by atoms with Gasteiger partial charge < -0.3 is 9.80 Å². The number of para-hydroxylation sites is 1. The van der Waals surface area contributed by atoms with E-state index >= 15 is 0 Å². The topological polar surface area (TPSA) is 53.5 Å². The number of thiophene rings is 1. The Morgan fingerprint density at radius 1 is 1.04 bits per heavy atom. The fourth-order valence-electron chi connectivity index (χ4n) is 3.17. The van der Waals surface area contributed by atoms with Crippen molar-refractivity contribution in [3.05, 3.63) is 82.8 Å². The molecule has 1 aliphatic rings. The molecule has 1 aromatic carbocycles. The third kappa shape index (κ3) is 3.11. The maximum absolute atomic E-state index is 13.3. The van der Waals surface area contributed by atoms with E-state index in [1.54, 1.807) is 39.6 Å². The van der Waals surface area contributed by atoms with Gasteiger partial charge in [0.1, 0.15) is 12.6 Å². The molecule has 130 valence electrons. The first-order valence-corrected chi connectivity index (χ1v) is 9.20. The van der Waals surface area contributed by atoms with Crippen LogP contribution in [0.15, 0.2) is 72.4 Å². The summed E-state index contributed by atoms with van der Waals surface area (Å²) in [6.07, 6.45) is 3.32. The predicted molar refractivity (Wildman–Crippen MR) is 101 cm³/mol. The van der Waals surface area contributed by atoms with Gasteiger partial charge >= 0.3 is 0 Å². The summed E-state index contributed by atoms with van der Waals surface area (Å²) in [6.45, 7) is 0.468. The second-order valence-corrected chi connectivity index (χ2v) is 7.08. The zero-order chi connectivity index (χ0) is 17.9. The number of nitrogens with zero attached hydrogens (tertiary/aromatic N) is 3. The summed E-state index contributed by atoms with van der Waals surface area (Å²) < 4.78 is 0. The monoisotopic (exact) mass is 363 g/mol. The highest BCUT2D eigenvalue weighted by molar-refractivity contribution is 7.09. The highest BCUT2D eigenvalue weighted by Gasteiger charge is 2.41. The molecule has 2 amide bonds. The quantitative estimate of drug-likeness (QED) is 0.715. The smallest absolute Gasteiger partial charge is 0.254 e. The Balaban J connectivity index is 1.73. The third-order valence-electron chi connectivity index (χ3n) is 4.40. The van der Waals surface area contributed by atoms with Gasteiger partial charge in [0, 0.05) is 28.5 Å². The molecule has 0 radical (unpaired) electrons. The number of pyridine rings is 1. The standard InChI is InChI=1S/C20H17N3O2S/c24-18-14-22(16-7-2-1-3-8-16)20(25)19(15-6-4-10-21-12-15)23(18)13-17-9-5-11-26-17/h1-12,19H,13-14H2. The minimum absolute atomic E-state index is 0.0466. The molecule has 4 rings (SSSR count). The lowest BCUT2D eigenvalue weighted by atomic mass is 10.0. The van der Waals surface area contributed by atoms with Crippen LogP contribution in [0.4, 0.5) is 5.69 Å². The Bertz CT molecular complexity index is 897. The van der Waals surface area contributed by atoms with Crippen LogP contribution in [-0.4, -0.2) is 28.2 Å². The normalized spacial score (nSPS) is 17.6. The van der Waals surface area contributed by atoms with E-state index in [2.05, 4.69) is 4.98 Å². The van der Waals surface area contributed by atoms with Crippen LogP contribution >= 0.6 is 11.3 Å². The highest BCUT2D eigenvalue weighted by Crippen LogP contribution is 2.32. The van der Waals surface area contributed by atoms with Crippen LogP contribution in [0.1, 0.15) is 16.5 Å². The summed E-state index contributed by atoms with van der Waals surface area (Å²) in [4.78, 5) is 34.7. The number of carbonyl (C=O) groups excluding carboxylic acids is 2. The van der Waals surface area contributed by atoms with Crippen LogP contribution in [0.5, 0.6) is 0 Å².